The van der Waals surface area contributed by atoms with Crippen molar-refractivity contribution in [1.82, 2.24) is 14.9 Å². The number of primary amides is 2. The summed E-state index contributed by atoms with van der Waals surface area (Å²) in [4.78, 5) is 58.3. The molecule has 0 aromatic carbocycles. The molecule has 1 aromatic rings. The Morgan fingerprint density at radius 1 is 1.24 bits per heavy atom. The maximum atomic E-state index is 13.2. The number of carboxylic acids is 1. The van der Waals surface area contributed by atoms with Crippen molar-refractivity contribution in [2.45, 2.75) is 55.4 Å². The molecule has 1 saturated heterocycles. The van der Waals surface area contributed by atoms with Crippen molar-refractivity contribution in [3.63, 3.8) is 0 Å². The Balaban J connectivity index is 2.03. The molecule has 4 atom stereocenters. The van der Waals surface area contributed by atoms with E-state index >= 15 is 0 Å². The van der Waals surface area contributed by atoms with E-state index in [0.29, 0.717) is 10.5 Å². The van der Waals surface area contributed by atoms with Crippen LogP contribution in [0.4, 0.5) is 4.79 Å². The number of nitrogens with zero attached hydrogens (tertiary/aromatic N) is 4. The Morgan fingerprint density at radius 2 is 1.92 bits per heavy atom. The SMILES string of the molecule is [2H]C1CCC(C(N)=O)(C(=O)O)[N+]1(C(=O)O)N1C(CN(C)C)=C(c2ccnc(C3(C)CCC3)c2)SC1C(N)=O. The van der Waals surface area contributed by atoms with Crippen LogP contribution >= 0.6 is 11.8 Å². The van der Waals surface area contributed by atoms with Gasteiger partial charge in [0.05, 0.1) is 7.07 Å². The molecule has 0 bridgehead atoms. The zero-order chi connectivity index (χ0) is 28.2. The number of pyridine rings is 1. The Kier molecular flexibility index (Phi) is 6.40. The van der Waals surface area contributed by atoms with Crippen molar-refractivity contribution in [2.24, 2.45) is 11.5 Å². The van der Waals surface area contributed by atoms with Crippen molar-refractivity contribution < 1.29 is 35.4 Å². The summed E-state index contributed by atoms with van der Waals surface area (Å²) in [6.45, 7) is 0.526. The first kappa shape index (κ1) is 25.5. The third-order valence-electron chi connectivity index (χ3n) is 7.67. The number of thioether (sulfide) groups is 1. The van der Waals surface area contributed by atoms with Crippen LogP contribution in [0.15, 0.2) is 24.0 Å². The number of amides is 3. The molecule has 13 heteroatoms. The molecule has 3 amide bonds. The molecule has 2 fully saturated rings. The number of nitrogens with two attached hydrogens (primary N) is 2. The predicted molar refractivity (Wildman–Crippen MR) is 135 cm³/mol. The second-order valence-corrected chi connectivity index (χ2v) is 11.4. The zero-order valence-corrected chi connectivity index (χ0v) is 21.8. The van der Waals surface area contributed by atoms with Gasteiger partial charge in [-0.25, -0.2) is 4.79 Å². The molecule has 12 nitrogen and oxygen atoms in total. The molecule has 3 aliphatic rings. The van der Waals surface area contributed by atoms with Gasteiger partial charge in [-0.15, -0.1) is 0 Å². The largest absolute Gasteiger partial charge is 0.540 e. The summed E-state index contributed by atoms with van der Waals surface area (Å²) in [7, 11) is 3.45. The van der Waals surface area contributed by atoms with Gasteiger partial charge in [0.1, 0.15) is 6.52 Å². The van der Waals surface area contributed by atoms with Gasteiger partial charge in [0.15, 0.2) is 0 Å². The predicted octanol–water partition coefficient (Wildman–Crippen LogP) is 1.13. The van der Waals surface area contributed by atoms with Gasteiger partial charge in [-0.2, -0.15) is 9.80 Å². The van der Waals surface area contributed by atoms with Gasteiger partial charge in [0.2, 0.25) is 5.37 Å². The maximum Gasteiger partial charge on any atom is 0.540 e. The highest BCUT2D eigenvalue weighted by atomic mass is 32.2. The van der Waals surface area contributed by atoms with Crippen LogP contribution in [-0.4, -0.2) is 91.6 Å². The number of likely N-dealkylation sites (N-methyl/N-ethyl adjacent to an activating group) is 1. The molecule has 1 saturated carbocycles. The summed E-state index contributed by atoms with van der Waals surface area (Å²) in [6, 6.07) is 3.63. The topological polar surface area (TPSA) is 180 Å². The fourth-order valence-corrected chi connectivity index (χ4v) is 6.87. The van der Waals surface area contributed by atoms with Crippen LogP contribution in [0.25, 0.3) is 4.91 Å². The number of carboxylic acid groups (broad SMARTS) is 2. The number of likely N-dealkylation sites (tertiary alicyclic amines) is 1. The van der Waals surface area contributed by atoms with Gasteiger partial charge in [0, 0.05) is 41.6 Å². The fraction of sp³-hybridized carbons (Fsp3) is 0.542. The Morgan fingerprint density at radius 3 is 2.41 bits per heavy atom. The fourth-order valence-electron chi connectivity index (χ4n) is 5.59. The van der Waals surface area contributed by atoms with Crippen molar-refractivity contribution in [1.29, 1.82) is 0 Å². The minimum absolute atomic E-state index is 0.0650. The third-order valence-corrected chi connectivity index (χ3v) is 9.03. The Labute approximate surface area is 220 Å². The number of hydrogen-bond donors (Lipinski definition) is 4. The van der Waals surface area contributed by atoms with Gasteiger partial charge in [-0.1, -0.05) is 29.7 Å². The monoisotopic (exact) mass is 534 g/mol. The van der Waals surface area contributed by atoms with E-state index in [9.17, 15) is 29.4 Å². The summed E-state index contributed by atoms with van der Waals surface area (Å²) in [5, 5.41) is 20.6. The van der Waals surface area contributed by atoms with E-state index in [0.717, 1.165) is 41.7 Å². The van der Waals surface area contributed by atoms with Crippen molar-refractivity contribution in [3.05, 3.63) is 35.3 Å². The minimum atomic E-state index is -2.73. The lowest BCUT2D eigenvalue weighted by atomic mass is 9.68. The minimum Gasteiger partial charge on any atom is -0.476 e. The summed E-state index contributed by atoms with van der Waals surface area (Å²) in [6.07, 6.45) is 2.13. The lowest BCUT2D eigenvalue weighted by Gasteiger charge is -2.47. The first-order chi connectivity index (χ1) is 17.7. The van der Waals surface area contributed by atoms with Crippen LogP contribution in [0.1, 0.15) is 51.7 Å². The van der Waals surface area contributed by atoms with Crippen molar-refractivity contribution in [3.8, 4) is 0 Å². The van der Waals surface area contributed by atoms with Gasteiger partial charge in [-0.3, -0.25) is 14.6 Å². The average molecular weight is 535 g/mol. The van der Waals surface area contributed by atoms with Crippen LogP contribution in [-0.2, 0) is 19.8 Å². The van der Waals surface area contributed by atoms with Crippen LogP contribution in [0, 0.1) is 0 Å². The highest BCUT2D eigenvalue weighted by Crippen LogP contribution is 2.53. The number of aromatic nitrogens is 1. The molecule has 1 aromatic heterocycles. The quantitative estimate of drug-likeness (QED) is 0.279. The highest BCUT2D eigenvalue weighted by molar-refractivity contribution is 8.09. The maximum absolute atomic E-state index is 13.2. The molecule has 3 heterocycles. The van der Waals surface area contributed by atoms with Gasteiger partial charge in [-0.05, 0) is 44.6 Å². The molecular formula is C24H33N6O6S+. The first-order valence-corrected chi connectivity index (χ1v) is 12.8. The smallest absolute Gasteiger partial charge is 0.476 e. The van der Waals surface area contributed by atoms with Crippen LogP contribution in [0.2, 0.25) is 0 Å². The van der Waals surface area contributed by atoms with Gasteiger partial charge in [0.25, 0.3) is 11.8 Å². The van der Waals surface area contributed by atoms with Gasteiger partial charge >= 0.3 is 17.6 Å². The first-order valence-electron chi connectivity index (χ1n) is 12.5. The molecule has 0 radical (unpaired) electrons. The molecule has 4 unspecified atom stereocenters. The van der Waals surface area contributed by atoms with Crippen LogP contribution in [0.5, 0.6) is 0 Å². The van der Waals surface area contributed by atoms with E-state index in [1.54, 1.807) is 31.3 Å². The summed E-state index contributed by atoms with van der Waals surface area (Å²) < 4.78 is 7.06. The number of aliphatic carboxylic acids is 1. The van der Waals surface area contributed by atoms with E-state index in [-0.39, 0.29) is 24.1 Å². The Hall–Kier alpha value is -3.16. The van der Waals surface area contributed by atoms with E-state index in [1.807, 2.05) is 6.07 Å². The molecule has 4 rings (SSSR count). The van der Waals surface area contributed by atoms with E-state index in [4.69, 9.17) is 12.8 Å². The number of rotatable bonds is 8. The molecule has 2 aliphatic heterocycles. The van der Waals surface area contributed by atoms with E-state index in [1.165, 1.54) is 0 Å². The lowest BCUT2D eigenvalue weighted by Crippen LogP contribution is -2.79. The zero-order valence-electron chi connectivity index (χ0n) is 22.0. The summed E-state index contributed by atoms with van der Waals surface area (Å²) in [5.41, 5.74) is 10.3. The van der Waals surface area contributed by atoms with E-state index in [2.05, 4.69) is 11.9 Å². The second-order valence-electron chi connectivity index (χ2n) is 10.3. The standard InChI is InChI=1S/C24H32N6O6S/c1-23(7-4-8-23)16-12-14(6-10-27-16)17-15(13-28(2)3)29(19(37-17)18(25)31)30(22(35)36)11-5-9-24(30,20(26)32)21(33)34/h6,10,12,19H,4-5,7-9,11,13H2,1-3H3,(H5-,25,26,31,32,33,34,35,36)/p+1/i11D. The van der Waals surface area contributed by atoms with Crippen molar-refractivity contribution >= 4 is 40.5 Å². The number of quaternary nitrogens is 1. The number of carbonyl (C=O) groups is 4. The molecule has 6 N–H and O–H groups in total. The van der Waals surface area contributed by atoms with Crippen LogP contribution in [0.3, 0.4) is 0 Å². The van der Waals surface area contributed by atoms with Crippen molar-refractivity contribution in [2.75, 3.05) is 27.2 Å². The average Bonchev–Trinajstić information content (AvgIpc) is 3.33. The summed E-state index contributed by atoms with van der Waals surface area (Å²) >= 11 is 0.973. The summed E-state index contributed by atoms with van der Waals surface area (Å²) in [5.74, 6) is -4.13. The molecule has 0 spiro atoms. The lowest BCUT2D eigenvalue weighted by molar-refractivity contribution is -0.981. The van der Waals surface area contributed by atoms with E-state index < -0.39 is 52.3 Å². The molecule has 200 valence electrons. The molecular weight excluding hydrogens is 500 g/mol. The third kappa shape index (κ3) is 3.87. The second kappa shape index (κ2) is 9.30. The Bertz CT molecular complexity index is 1220. The van der Waals surface area contributed by atoms with Crippen LogP contribution < -0.4 is 11.5 Å². The number of carbonyl (C=O) groups excluding carboxylic acids is 2. The van der Waals surface area contributed by atoms with Gasteiger partial charge < -0.3 is 26.6 Å². The number of hydrogen-bond acceptors (Lipinski definition) is 8. The normalized spacial score (nSPS) is 31.2. The molecule has 37 heavy (non-hydrogen) atoms. The highest BCUT2D eigenvalue weighted by Gasteiger charge is 2.75. The molecule has 1 aliphatic carbocycles.